The Balaban J connectivity index is 2.30. The molecule has 0 amide bonds. The number of aromatic carboxylic acids is 1. The first-order chi connectivity index (χ1) is 9.06. The van der Waals surface area contributed by atoms with E-state index < -0.39 is 5.97 Å². The number of benzene rings is 1. The summed E-state index contributed by atoms with van der Waals surface area (Å²) in [5, 5.41) is 9.66. The van der Waals surface area contributed by atoms with Gasteiger partial charge in [-0.1, -0.05) is 11.6 Å². The summed E-state index contributed by atoms with van der Waals surface area (Å²) in [6.45, 7) is 1.19. The van der Waals surface area contributed by atoms with Crippen molar-refractivity contribution in [1.82, 2.24) is 0 Å². The summed E-state index contributed by atoms with van der Waals surface area (Å²) in [6.07, 6.45) is -0.135. The van der Waals surface area contributed by atoms with Crippen molar-refractivity contribution in [2.24, 2.45) is 0 Å². The summed E-state index contributed by atoms with van der Waals surface area (Å²) in [5.41, 5.74) is 0.831. The third-order valence-electron chi connectivity index (χ3n) is 3.35. The maximum absolute atomic E-state index is 11.3. The lowest BCUT2D eigenvalue weighted by Gasteiger charge is -2.20. The lowest BCUT2D eigenvalue weighted by atomic mass is 10.1. The van der Waals surface area contributed by atoms with Crippen LogP contribution in [0.5, 0.6) is 0 Å². The molecule has 104 valence electrons. The first-order valence-corrected chi connectivity index (χ1v) is 6.28. The largest absolute Gasteiger partial charge is 0.478 e. The highest BCUT2D eigenvalue weighted by atomic mass is 35.5. The van der Waals surface area contributed by atoms with E-state index in [1.54, 1.807) is 26.4 Å². The van der Waals surface area contributed by atoms with Gasteiger partial charge in [-0.2, -0.15) is 0 Å². The minimum atomic E-state index is -0.993. The summed E-state index contributed by atoms with van der Waals surface area (Å²) in [4.78, 5) is 13.2. The number of rotatable bonds is 4. The predicted octanol–water partition coefficient (Wildman–Crippen LogP) is 1.89. The van der Waals surface area contributed by atoms with Gasteiger partial charge in [0.25, 0.3) is 0 Å². The summed E-state index contributed by atoms with van der Waals surface area (Å²) in [7, 11) is 3.25. The average Bonchev–Trinajstić information content (AvgIpc) is 2.81. The smallest absolute Gasteiger partial charge is 0.337 e. The van der Waals surface area contributed by atoms with Gasteiger partial charge in [0, 0.05) is 32.3 Å². The summed E-state index contributed by atoms with van der Waals surface area (Å²) in [5.74, 6) is -0.993. The molecule has 2 atom stereocenters. The Hall–Kier alpha value is -1.30. The second kappa shape index (κ2) is 5.77. The van der Waals surface area contributed by atoms with Crippen LogP contribution in [0.25, 0.3) is 0 Å². The fraction of sp³-hybridized carbons (Fsp3) is 0.462. The maximum Gasteiger partial charge on any atom is 0.337 e. The Kier molecular flexibility index (Phi) is 4.29. The van der Waals surface area contributed by atoms with Crippen molar-refractivity contribution >= 4 is 23.3 Å². The quantitative estimate of drug-likeness (QED) is 0.915. The number of halogens is 1. The number of carboxylic acid groups (broad SMARTS) is 1. The van der Waals surface area contributed by atoms with Crippen LogP contribution >= 0.6 is 11.6 Å². The lowest BCUT2D eigenvalue weighted by Crippen LogP contribution is -2.27. The van der Waals surface area contributed by atoms with Gasteiger partial charge in [-0.15, -0.1) is 0 Å². The van der Waals surface area contributed by atoms with Gasteiger partial charge < -0.3 is 19.5 Å². The molecular formula is C13H16ClNO4. The standard InChI is InChI=1S/C13H16ClNO4/c1-18-11-6-15(7-12(11)19-2)10-4-3-8(14)5-9(10)13(16)17/h3-5,11-12H,6-7H2,1-2H3,(H,16,17). The van der Waals surface area contributed by atoms with Gasteiger partial charge in [-0.25, -0.2) is 4.79 Å². The fourth-order valence-corrected chi connectivity index (χ4v) is 2.52. The van der Waals surface area contributed by atoms with Crippen LogP contribution in [0, 0.1) is 0 Å². The highest BCUT2D eigenvalue weighted by Crippen LogP contribution is 2.29. The normalized spacial score (nSPS) is 22.8. The van der Waals surface area contributed by atoms with Crippen LogP contribution in [0.4, 0.5) is 5.69 Å². The topological polar surface area (TPSA) is 59.0 Å². The molecule has 0 bridgehead atoms. The molecule has 1 aromatic rings. The number of ether oxygens (including phenoxy) is 2. The predicted molar refractivity (Wildman–Crippen MR) is 72.2 cm³/mol. The molecule has 2 unspecified atom stereocenters. The van der Waals surface area contributed by atoms with E-state index in [1.807, 2.05) is 4.90 Å². The molecule has 0 saturated carbocycles. The van der Waals surface area contributed by atoms with Gasteiger partial charge >= 0.3 is 5.97 Å². The van der Waals surface area contributed by atoms with Crippen LogP contribution in [0.2, 0.25) is 5.02 Å². The number of methoxy groups -OCH3 is 2. The second-order valence-electron chi connectivity index (χ2n) is 4.42. The van der Waals surface area contributed by atoms with Gasteiger partial charge in [0.05, 0.1) is 11.3 Å². The van der Waals surface area contributed by atoms with Crippen LogP contribution in [-0.2, 0) is 9.47 Å². The number of carbonyl (C=O) groups is 1. The maximum atomic E-state index is 11.3. The van der Waals surface area contributed by atoms with Crippen LogP contribution in [-0.4, -0.2) is 50.6 Å². The van der Waals surface area contributed by atoms with Crippen molar-refractivity contribution in [3.63, 3.8) is 0 Å². The number of hydrogen-bond acceptors (Lipinski definition) is 4. The highest BCUT2D eigenvalue weighted by Gasteiger charge is 2.34. The molecular weight excluding hydrogens is 270 g/mol. The minimum absolute atomic E-state index is 0.0673. The lowest BCUT2D eigenvalue weighted by molar-refractivity contribution is -0.00461. The van der Waals surface area contributed by atoms with Crippen molar-refractivity contribution in [2.45, 2.75) is 12.2 Å². The summed E-state index contributed by atoms with van der Waals surface area (Å²) in [6, 6.07) is 4.86. The van der Waals surface area contributed by atoms with Crippen molar-refractivity contribution < 1.29 is 19.4 Å². The van der Waals surface area contributed by atoms with Gasteiger partial charge in [-0.3, -0.25) is 0 Å². The zero-order valence-electron chi connectivity index (χ0n) is 10.8. The number of hydrogen-bond donors (Lipinski definition) is 1. The van der Waals surface area contributed by atoms with E-state index in [0.717, 1.165) is 0 Å². The molecule has 2 rings (SSSR count). The molecule has 0 aromatic heterocycles. The Morgan fingerprint density at radius 2 is 1.89 bits per heavy atom. The molecule has 1 aliphatic heterocycles. The van der Waals surface area contributed by atoms with E-state index >= 15 is 0 Å². The molecule has 1 N–H and O–H groups in total. The SMILES string of the molecule is COC1CN(c2ccc(Cl)cc2C(=O)O)CC1OC. The molecule has 1 aromatic carbocycles. The van der Waals surface area contributed by atoms with Crippen molar-refractivity contribution in [2.75, 3.05) is 32.2 Å². The van der Waals surface area contributed by atoms with Crippen LogP contribution < -0.4 is 4.90 Å². The van der Waals surface area contributed by atoms with E-state index in [-0.39, 0.29) is 17.8 Å². The molecule has 1 saturated heterocycles. The first-order valence-electron chi connectivity index (χ1n) is 5.90. The molecule has 0 radical (unpaired) electrons. The zero-order chi connectivity index (χ0) is 14.0. The second-order valence-corrected chi connectivity index (χ2v) is 4.86. The molecule has 19 heavy (non-hydrogen) atoms. The Labute approximate surface area is 116 Å². The summed E-state index contributed by atoms with van der Waals surface area (Å²) >= 11 is 5.85. The molecule has 0 spiro atoms. The minimum Gasteiger partial charge on any atom is -0.478 e. The molecule has 1 heterocycles. The average molecular weight is 286 g/mol. The Bertz CT molecular complexity index is 468. The van der Waals surface area contributed by atoms with Gasteiger partial charge in [0.2, 0.25) is 0 Å². The van der Waals surface area contributed by atoms with Crippen LogP contribution in [0.15, 0.2) is 18.2 Å². The number of carboxylic acids is 1. The Morgan fingerprint density at radius 1 is 1.32 bits per heavy atom. The first kappa shape index (κ1) is 14.1. The Morgan fingerprint density at radius 3 is 2.37 bits per heavy atom. The fourth-order valence-electron chi connectivity index (χ4n) is 2.35. The van der Waals surface area contributed by atoms with Crippen molar-refractivity contribution in [1.29, 1.82) is 0 Å². The van der Waals surface area contributed by atoms with Crippen molar-refractivity contribution in [3.8, 4) is 0 Å². The molecule has 1 fully saturated rings. The number of nitrogens with zero attached hydrogens (tertiary/aromatic N) is 1. The molecule has 1 aliphatic rings. The molecule has 5 nitrogen and oxygen atoms in total. The van der Waals surface area contributed by atoms with Crippen molar-refractivity contribution in [3.05, 3.63) is 28.8 Å². The van der Waals surface area contributed by atoms with E-state index in [9.17, 15) is 9.90 Å². The van der Waals surface area contributed by atoms with E-state index in [1.165, 1.54) is 6.07 Å². The molecule has 6 heteroatoms. The van der Waals surface area contributed by atoms with Gasteiger partial charge in [0.1, 0.15) is 12.2 Å². The van der Waals surface area contributed by atoms with Gasteiger partial charge in [0.15, 0.2) is 0 Å². The third kappa shape index (κ3) is 2.83. The number of anilines is 1. The van der Waals surface area contributed by atoms with E-state index in [2.05, 4.69) is 0 Å². The van der Waals surface area contributed by atoms with Gasteiger partial charge in [-0.05, 0) is 18.2 Å². The van der Waals surface area contributed by atoms with Crippen LogP contribution in [0.3, 0.4) is 0 Å². The highest BCUT2D eigenvalue weighted by molar-refractivity contribution is 6.31. The van der Waals surface area contributed by atoms with Crippen LogP contribution in [0.1, 0.15) is 10.4 Å². The van der Waals surface area contributed by atoms with E-state index in [0.29, 0.717) is 23.8 Å². The summed E-state index contributed by atoms with van der Waals surface area (Å²) < 4.78 is 10.7. The zero-order valence-corrected chi connectivity index (χ0v) is 11.6. The third-order valence-corrected chi connectivity index (χ3v) is 3.59. The van der Waals surface area contributed by atoms with E-state index in [4.69, 9.17) is 21.1 Å². The monoisotopic (exact) mass is 285 g/mol. The molecule has 0 aliphatic carbocycles.